The first-order chi connectivity index (χ1) is 16.1. The number of ether oxygens (including phenoxy) is 1. The summed E-state index contributed by atoms with van der Waals surface area (Å²) in [6, 6.07) is 2.25. The number of aryl methyl sites for hydroxylation is 1. The summed E-state index contributed by atoms with van der Waals surface area (Å²) in [5.74, 6) is -1.22. The lowest BCUT2D eigenvalue weighted by atomic mass is 9.95. The third-order valence-corrected chi connectivity index (χ3v) is 7.12. The number of thiophene rings is 1. The average Bonchev–Trinajstić information content (AvgIpc) is 3.41. The van der Waals surface area contributed by atoms with E-state index in [0.717, 1.165) is 48.6 Å². The third-order valence-electron chi connectivity index (χ3n) is 5.91. The van der Waals surface area contributed by atoms with E-state index < -0.39 is 23.7 Å². The van der Waals surface area contributed by atoms with Gasteiger partial charge < -0.3 is 10.1 Å². The lowest BCUT2D eigenvalue weighted by Gasteiger charge is -2.14. The number of hydrogen-bond acceptors (Lipinski definition) is 6. The van der Waals surface area contributed by atoms with Gasteiger partial charge in [-0.3, -0.25) is 4.79 Å². The molecule has 1 amide bonds. The van der Waals surface area contributed by atoms with Gasteiger partial charge >= 0.3 is 12.1 Å². The van der Waals surface area contributed by atoms with Crippen LogP contribution in [0, 0.1) is 0 Å². The number of esters is 1. The second-order valence-electron chi connectivity index (χ2n) is 8.96. The van der Waals surface area contributed by atoms with Gasteiger partial charge in [-0.25, -0.2) is 14.3 Å². The van der Waals surface area contributed by atoms with Crippen LogP contribution in [0.15, 0.2) is 12.1 Å². The zero-order valence-electron chi connectivity index (χ0n) is 18.7. The minimum absolute atomic E-state index is 0.00485. The molecule has 0 bridgehead atoms. The fourth-order valence-corrected chi connectivity index (χ4v) is 5.48. The standard InChI is InChI=1S/C23H23F3N4O3S/c1-11(2)33-22(32)19-13-5-3-4-6-16(13)34-21(19)28-20(31)15-10-18-27-14(12-7-8-12)9-17(23(24,25)26)30(18)29-15/h9-12H,3-8H2,1-2H3,(H,28,31). The number of fused-ring (bicyclic) bond motifs is 2. The lowest BCUT2D eigenvalue weighted by Crippen LogP contribution is -2.18. The largest absolute Gasteiger partial charge is 0.459 e. The van der Waals surface area contributed by atoms with Crippen molar-refractivity contribution in [2.75, 3.05) is 5.32 Å². The monoisotopic (exact) mass is 492 g/mol. The van der Waals surface area contributed by atoms with Crippen LogP contribution in [-0.4, -0.2) is 32.6 Å². The quantitative estimate of drug-likeness (QED) is 0.483. The molecule has 0 radical (unpaired) electrons. The first kappa shape index (κ1) is 22.8. The molecular weight excluding hydrogens is 469 g/mol. The molecule has 1 fully saturated rings. The highest BCUT2D eigenvalue weighted by molar-refractivity contribution is 7.17. The van der Waals surface area contributed by atoms with E-state index in [0.29, 0.717) is 27.2 Å². The van der Waals surface area contributed by atoms with Crippen LogP contribution in [0.3, 0.4) is 0 Å². The molecule has 0 aromatic carbocycles. The Balaban J connectivity index is 1.51. The molecular formula is C23H23F3N4O3S. The number of amides is 1. The van der Waals surface area contributed by atoms with Crippen molar-refractivity contribution in [3.05, 3.63) is 45.2 Å². The van der Waals surface area contributed by atoms with E-state index in [2.05, 4.69) is 15.4 Å². The number of rotatable bonds is 5. The molecule has 3 heterocycles. The van der Waals surface area contributed by atoms with Gasteiger partial charge in [0.15, 0.2) is 11.3 Å². The van der Waals surface area contributed by atoms with E-state index in [-0.39, 0.29) is 23.4 Å². The Labute approximate surface area is 197 Å². The van der Waals surface area contributed by atoms with Crippen molar-refractivity contribution >= 4 is 33.9 Å². The van der Waals surface area contributed by atoms with Crippen molar-refractivity contribution in [2.24, 2.45) is 0 Å². The van der Waals surface area contributed by atoms with Gasteiger partial charge in [-0.05, 0) is 64.0 Å². The molecule has 0 spiro atoms. The number of halogens is 3. The number of hydrogen-bond donors (Lipinski definition) is 1. The van der Waals surface area contributed by atoms with E-state index in [1.165, 1.54) is 17.4 Å². The molecule has 2 aliphatic carbocycles. The highest BCUT2D eigenvalue weighted by Gasteiger charge is 2.37. The molecule has 0 aliphatic heterocycles. The zero-order valence-corrected chi connectivity index (χ0v) is 19.5. The van der Waals surface area contributed by atoms with Crippen LogP contribution in [0.4, 0.5) is 18.2 Å². The summed E-state index contributed by atoms with van der Waals surface area (Å²) < 4.78 is 47.1. The van der Waals surface area contributed by atoms with Gasteiger partial charge in [0.1, 0.15) is 10.7 Å². The SMILES string of the molecule is CC(C)OC(=O)c1c(NC(=O)c2cc3nc(C4CC4)cc(C(F)(F)F)n3n2)sc2c1CCCC2. The Hall–Kier alpha value is -2.95. The molecule has 11 heteroatoms. The van der Waals surface area contributed by atoms with E-state index >= 15 is 0 Å². The summed E-state index contributed by atoms with van der Waals surface area (Å²) in [5, 5.41) is 6.95. The molecule has 0 saturated heterocycles. The number of nitrogens with zero attached hydrogens (tertiary/aromatic N) is 3. The Morgan fingerprint density at radius 3 is 2.62 bits per heavy atom. The van der Waals surface area contributed by atoms with E-state index in [1.807, 2.05) is 0 Å². The predicted molar refractivity (Wildman–Crippen MR) is 119 cm³/mol. The molecule has 0 unspecified atom stereocenters. The summed E-state index contributed by atoms with van der Waals surface area (Å²) in [6.07, 6.45) is 0.0328. The molecule has 2 aliphatic rings. The van der Waals surface area contributed by atoms with Gasteiger partial charge in [0.25, 0.3) is 5.91 Å². The Morgan fingerprint density at radius 1 is 1.21 bits per heavy atom. The summed E-state index contributed by atoms with van der Waals surface area (Å²) in [5.41, 5.74) is 0.354. The molecule has 180 valence electrons. The highest BCUT2D eigenvalue weighted by Crippen LogP contribution is 2.42. The molecule has 1 N–H and O–H groups in total. The topological polar surface area (TPSA) is 85.6 Å². The predicted octanol–water partition coefficient (Wildman–Crippen LogP) is 5.38. The molecule has 7 nitrogen and oxygen atoms in total. The summed E-state index contributed by atoms with van der Waals surface area (Å²) in [7, 11) is 0. The van der Waals surface area contributed by atoms with Crippen LogP contribution in [0.5, 0.6) is 0 Å². The van der Waals surface area contributed by atoms with Crippen LogP contribution in [0.1, 0.15) is 88.1 Å². The molecule has 0 atom stereocenters. The number of alkyl halides is 3. The van der Waals surface area contributed by atoms with Crippen molar-refractivity contribution in [1.82, 2.24) is 14.6 Å². The maximum Gasteiger partial charge on any atom is 0.433 e. The first-order valence-corrected chi connectivity index (χ1v) is 12.1. The summed E-state index contributed by atoms with van der Waals surface area (Å²) >= 11 is 1.31. The van der Waals surface area contributed by atoms with E-state index in [1.54, 1.807) is 13.8 Å². The Kier molecular flexibility index (Phi) is 5.62. The van der Waals surface area contributed by atoms with Gasteiger partial charge in [0.05, 0.1) is 11.7 Å². The number of nitrogens with one attached hydrogen (secondary N) is 1. The molecule has 3 aromatic heterocycles. The maximum absolute atomic E-state index is 13.7. The molecule has 3 aromatic rings. The molecule has 1 saturated carbocycles. The molecule has 34 heavy (non-hydrogen) atoms. The summed E-state index contributed by atoms with van der Waals surface area (Å²) in [4.78, 5) is 31.2. The van der Waals surface area contributed by atoms with Crippen molar-refractivity contribution < 1.29 is 27.5 Å². The smallest absolute Gasteiger partial charge is 0.433 e. The van der Waals surface area contributed by atoms with Crippen LogP contribution < -0.4 is 5.32 Å². The van der Waals surface area contributed by atoms with Crippen molar-refractivity contribution in [2.45, 2.75) is 70.6 Å². The highest BCUT2D eigenvalue weighted by atomic mass is 32.1. The van der Waals surface area contributed by atoms with Crippen LogP contribution in [0.25, 0.3) is 5.65 Å². The van der Waals surface area contributed by atoms with Crippen LogP contribution in [-0.2, 0) is 23.8 Å². The maximum atomic E-state index is 13.7. The Morgan fingerprint density at radius 2 is 1.94 bits per heavy atom. The van der Waals surface area contributed by atoms with Crippen molar-refractivity contribution in [3.8, 4) is 0 Å². The fraction of sp³-hybridized carbons (Fsp3) is 0.478. The lowest BCUT2D eigenvalue weighted by molar-refractivity contribution is -0.142. The number of aromatic nitrogens is 3. The second-order valence-corrected chi connectivity index (χ2v) is 10.1. The number of carbonyl (C=O) groups is 2. The fourth-order valence-electron chi connectivity index (χ4n) is 4.21. The Bertz CT molecular complexity index is 1290. The molecule has 5 rings (SSSR count). The zero-order chi connectivity index (χ0) is 24.2. The second kappa shape index (κ2) is 8.37. The van der Waals surface area contributed by atoms with Gasteiger partial charge in [0.2, 0.25) is 0 Å². The van der Waals surface area contributed by atoms with Gasteiger partial charge in [-0.2, -0.15) is 18.3 Å². The summed E-state index contributed by atoms with van der Waals surface area (Å²) in [6.45, 7) is 3.49. The van der Waals surface area contributed by atoms with Crippen LogP contribution in [0.2, 0.25) is 0 Å². The number of carbonyl (C=O) groups excluding carboxylic acids is 2. The van der Waals surface area contributed by atoms with Crippen molar-refractivity contribution in [1.29, 1.82) is 0 Å². The third kappa shape index (κ3) is 4.28. The normalized spacial score (nSPS) is 16.1. The minimum Gasteiger partial charge on any atom is -0.459 e. The average molecular weight is 493 g/mol. The van der Waals surface area contributed by atoms with Crippen molar-refractivity contribution in [3.63, 3.8) is 0 Å². The van der Waals surface area contributed by atoms with Gasteiger partial charge in [-0.1, -0.05) is 0 Å². The number of anilines is 1. The van der Waals surface area contributed by atoms with E-state index in [4.69, 9.17) is 4.74 Å². The first-order valence-electron chi connectivity index (χ1n) is 11.3. The van der Waals surface area contributed by atoms with Gasteiger partial charge in [0, 0.05) is 22.6 Å². The van der Waals surface area contributed by atoms with Crippen LogP contribution >= 0.6 is 11.3 Å². The minimum atomic E-state index is -4.65. The van der Waals surface area contributed by atoms with E-state index in [9.17, 15) is 22.8 Å². The van der Waals surface area contributed by atoms with Gasteiger partial charge in [-0.15, -0.1) is 11.3 Å².